The minimum Gasteiger partial charge on any atom is -0.486 e. The Kier molecular flexibility index (Phi) is 6.42. The number of ether oxygens (including phenoxy) is 1. The summed E-state index contributed by atoms with van der Waals surface area (Å²) >= 11 is 7.22. The number of nitrogens with one attached hydrogen (secondary N) is 1. The second-order valence-electron chi connectivity index (χ2n) is 7.16. The Balaban J connectivity index is 1.30. The van der Waals surface area contributed by atoms with Crippen LogP contribution in [0.25, 0.3) is 0 Å². The number of amides is 1. The smallest absolute Gasteiger partial charge is 0.257 e. The van der Waals surface area contributed by atoms with Crippen molar-refractivity contribution >= 4 is 34.0 Å². The maximum Gasteiger partial charge on any atom is 0.257 e. The van der Waals surface area contributed by atoms with Gasteiger partial charge in [-0.2, -0.15) is 0 Å². The summed E-state index contributed by atoms with van der Waals surface area (Å²) in [7, 11) is 0. The summed E-state index contributed by atoms with van der Waals surface area (Å²) in [6.07, 6.45) is 6.59. The van der Waals surface area contributed by atoms with Crippen molar-refractivity contribution in [2.45, 2.75) is 44.6 Å². The SMILES string of the molecule is O=C(Nc1nnc(COc2ccc(C3CCCCC3)cc2)s1)c1cccc(Cl)c1. The maximum absolute atomic E-state index is 12.3. The first kappa shape index (κ1) is 19.9. The lowest BCUT2D eigenvalue weighted by Gasteiger charge is -2.22. The summed E-state index contributed by atoms with van der Waals surface area (Å²) < 4.78 is 5.83. The minimum atomic E-state index is -0.269. The van der Waals surface area contributed by atoms with E-state index in [1.165, 1.54) is 49.0 Å². The van der Waals surface area contributed by atoms with Gasteiger partial charge in [-0.05, 0) is 54.7 Å². The van der Waals surface area contributed by atoms with Crippen LogP contribution >= 0.6 is 22.9 Å². The summed E-state index contributed by atoms with van der Waals surface area (Å²) in [4.78, 5) is 12.3. The predicted octanol–water partition coefficient (Wildman–Crippen LogP) is 6.07. The average molecular weight is 428 g/mol. The molecular weight excluding hydrogens is 406 g/mol. The van der Waals surface area contributed by atoms with Crippen molar-refractivity contribution < 1.29 is 9.53 Å². The molecule has 1 aliphatic carbocycles. The summed E-state index contributed by atoms with van der Waals surface area (Å²) in [6, 6.07) is 15.1. The van der Waals surface area contributed by atoms with Crippen LogP contribution < -0.4 is 10.1 Å². The molecule has 1 amide bonds. The van der Waals surface area contributed by atoms with Crippen molar-refractivity contribution in [1.82, 2.24) is 10.2 Å². The Morgan fingerprint density at radius 3 is 2.66 bits per heavy atom. The monoisotopic (exact) mass is 427 g/mol. The Hall–Kier alpha value is -2.44. The zero-order valence-corrected chi connectivity index (χ0v) is 17.5. The van der Waals surface area contributed by atoms with E-state index in [0.29, 0.717) is 33.3 Å². The highest BCUT2D eigenvalue weighted by Gasteiger charge is 2.15. The second kappa shape index (κ2) is 9.37. The van der Waals surface area contributed by atoms with E-state index in [1.807, 2.05) is 12.1 Å². The Morgan fingerprint density at radius 2 is 1.90 bits per heavy atom. The maximum atomic E-state index is 12.3. The first-order chi connectivity index (χ1) is 14.2. The van der Waals surface area contributed by atoms with Crippen molar-refractivity contribution in [2.75, 3.05) is 5.32 Å². The molecule has 1 N–H and O–H groups in total. The molecule has 1 aromatic heterocycles. The van der Waals surface area contributed by atoms with Gasteiger partial charge in [0.2, 0.25) is 5.13 Å². The third-order valence-corrected chi connectivity index (χ3v) is 6.14. The highest BCUT2D eigenvalue weighted by atomic mass is 35.5. The van der Waals surface area contributed by atoms with Crippen LogP contribution in [-0.4, -0.2) is 16.1 Å². The summed E-state index contributed by atoms with van der Waals surface area (Å²) in [6.45, 7) is 0.313. The molecule has 1 aliphatic rings. The molecule has 150 valence electrons. The second-order valence-corrected chi connectivity index (χ2v) is 8.66. The van der Waals surface area contributed by atoms with Crippen LogP contribution in [-0.2, 0) is 6.61 Å². The van der Waals surface area contributed by atoms with Crippen molar-refractivity contribution in [3.63, 3.8) is 0 Å². The number of carbonyl (C=O) groups excluding carboxylic acids is 1. The average Bonchev–Trinajstić information content (AvgIpc) is 3.20. The quantitative estimate of drug-likeness (QED) is 0.518. The van der Waals surface area contributed by atoms with E-state index in [0.717, 1.165) is 5.75 Å². The third-order valence-electron chi connectivity index (χ3n) is 5.09. The molecule has 0 spiro atoms. The molecule has 1 fully saturated rings. The standard InChI is InChI=1S/C22H22ClN3O2S/c23-18-8-4-7-17(13-18)21(27)24-22-26-25-20(29-22)14-28-19-11-9-16(10-12-19)15-5-2-1-3-6-15/h4,7-13,15H,1-3,5-6,14H2,(H,24,26,27). The number of hydrogen-bond acceptors (Lipinski definition) is 5. The number of anilines is 1. The number of aromatic nitrogens is 2. The fourth-order valence-corrected chi connectivity index (χ4v) is 4.42. The zero-order chi connectivity index (χ0) is 20.1. The van der Waals surface area contributed by atoms with Gasteiger partial charge in [0.1, 0.15) is 12.4 Å². The molecule has 0 saturated heterocycles. The zero-order valence-electron chi connectivity index (χ0n) is 15.9. The highest BCUT2D eigenvalue weighted by molar-refractivity contribution is 7.15. The molecule has 0 bridgehead atoms. The number of rotatable bonds is 6. The lowest BCUT2D eigenvalue weighted by Crippen LogP contribution is -2.11. The molecule has 5 nitrogen and oxygen atoms in total. The van der Waals surface area contributed by atoms with Gasteiger partial charge in [-0.1, -0.05) is 60.4 Å². The molecule has 0 radical (unpaired) electrons. The Labute approximate surface area is 179 Å². The van der Waals surface area contributed by atoms with Gasteiger partial charge in [0.15, 0.2) is 5.01 Å². The first-order valence-electron chi connectivity index (χ1n) is 9.79. The van der Waals surface area contributed by atoms with Crippen LogP contribution in [0.3, 0.4) is 0 Å². The van der Waals surface area contributed by atoms with E-state index in [-0.39, 0.29) is 5.91 Å². The summed E-state index contributed by atoms with van der Waals surface area (Å²) in [5, 5.41) is 12.5. The normalized spacial score (nSPS) is 14.5. The Morgan fingerprint density at radius 1 is 1.10 bits per heavy atom. The summed E-state index contributed by atoms with van der Waals surface area (Å²) in [5.41, 5.74) is 1.88. The fourth-order valence-electron chi connectivity index (χ4n) is 3.58. The molecule has 2 aromatic carbocycles. The van der Waals surface area contributed by atoms with Crippen molar-refractivity contribution in [1.29, 1.82) is 0 Å². The van der Waals surface area contributed by atoms with E-state index >= 15 is 0 Å². The van der Waals surface area contributed by atoms with Crippen molar-refractivity contribution in [3.05, 3.63) is 69.7 Å². The molecule has 0 aliphatic heterocycles. The first-order valence-corrected chi connectivity index (χ1v) is 11.0. The molecule has 4 rings (SSSR count). The van der Waals surface area contributed by atoms with Crippen LogP contribution in [0.15, 0.2) is 48.5 Å². The summed E-state index contributed by atoms with van der Waals surface area (Å²) in [5.74, 6) is 1.23. The molecule has 29 heavy (non-hydrogen) atoms. The van der Waals surface area contributed by atoms with Gasteiger partial charge in [-0.25, -0.2) is 0 Å². The molecule has 0 unspecified atom stereocenters. The minimum absolute atomic E-state index is 0.269. The van der Waals surface area contributed by atoms with E-state index in [9.17, 15) is 4.79 Å². The van der Waals surface area contributed by atoms with Gasteiger partial charge in [0, 0.05) is 10.6 Å². The number of benzene rings is 2. The molecule has 1 saturated carbocycles. The van der Waals surface area contributed by atoms with Crippen LogP contribution in [0.2, 0.25) is 5.02 Å². The largest absolute Gasteiger partial charge is 0.486 e. The number of halogens is 1. The lowest BCUT2D eigenvalue weighted by molar-refractivity contribution is 0.102. The fraction of sp³-hybridized carbons (Fsp3) is 0.318. The van der Waals surface area contributed by atoms with E-state index in [4.69, 9.17) is 16.3 Å². The van der Waals surface area contributed by atoms with Crippen LogP contribution in [0, 0.1) is 0 Å². The van der Waals surface area contributed by atoms with Crippen molar-refractivity contribution in [3.8, 4) is 5.75 Å². The molecule has 0 atom stereocenters. The predicted molar refractivity (Wildman–Crippen MR) is 116 cm³/mol. The lowest BCUT2D eigenvalue weighted by atomic mass is 9.84. The molecular formula is C22H22ClN3O2S. The van der Waals surface area contributed by atoms with Gasteiger partial charge in [0.25, 0.3) is 5.91 Å². The number of hydrogen-bond donors (Lipinski definition) is 1. The van der Waals surface area contributed by atoms with Gasteiger partial charge < -0.3 is 4.74 Å². The number of nitrogens with zero attached hydrogens (tertiary/aromatic N) is 2. The van der Waals surface area contributed by atoms with Gasteiger partial charge >= 0.3 is 0 Å². The van der Waals surface area contributed by atoms with E-state index in [1.54, 1.807) is 24.3 Å². The van der Waals surface area contributed by atoms with Crippen LogP contribution in [0.5, 0.6) is 5.75 Å². The molecule has 1 heterocycles. The van der Waals surface area contributed by atoms with Crippen LogP contribution in [0.4, 0.5) is 5.13 Å². The van der Waals surface area contributed by atoms with E-state index in [2.05, 4.69) is 27.6 Å². The van der Waals surface area contributed by atoms with Gasteiger partial charge in [-0.15, -0.1) is 10.2 Å². The van der Waals surface area contributed by atoms with E-state index < -0.39 is 0 Å². The highest BCUT2D eigenvalue weighted by Crippen LogP contribution is 2.33. The third kappa shape index (κ3) is 5.34. The molecule has 3 aromatic rings. The van der Waals surface area contributed by atoms with Gasteiger partial charge in [0.05, 0.1) is 0 Å². The molecule has 7 heteroatoms. The Bertz CT molecular complexity index is 968. The van der Waals surface area contributed by atoms with Gasteiger partial charge in [-0.3, -0.25) is 10.1 Å². The van der Waals surface area contributed by atoms with Crippen molar-refractivity contribution in [2.24, 2.45) is 0 Å². The van der Waals surface area contributed by atoms with Crippen LogP contribution in [0.1, 0.15) is 59.0 Å². The number of carbonyl (C=O) groups is 1. The topological polar surface area (TPSA) is 64.1 Å².